The Bertz CT molecular complexity index is 482. The van der Waals surface area contributed by atoms with Crippen molar-refractivity contribution in [3.63, 3.8) is 0 Å². The summed E-state index contributed by atoms with van der Waals surface area (Å²) in [6.45, 7) is 8.60. The number of amides is 1. The van der Waals surface area contributed by atoms with Crippen molar-refractivity contribution >= 4 is 49.1 Å². The van der Waals surface area contributed by atoms with Crippen LogP contribution in [0.25, 0.3) is 0 Å². The smallest absolute Gasteiger partial charge is 0.261 e. The molecule has 0 spiro atoms. The highest BCUT2D eigenvalue weighted by Crippen LogP contribution is 2.32. The van der Waals surface area contributed by atoms with Crippen LogP contribution in [-0.2, 0) is 4.74 Å². The van der Waals surface area contributed by atoms with Gasteiger partial charge >= 0.3 is 0 Å². The second-order valence-electron chi connectivity index (χ2n) is 5.87. The van der Waals surface area contributed by atoms with Gasteiger partial charge in [-0.25, -0.2) is 0 Å². The fourth-order valence-electron chi connectivity index (χ4n) is 2.60. The van der Waals surface area contributed by atoms with E-state index in [1.807, 2.05) is 6.07 Å². The van der Waals surface area contributed by atoms with Crippen molar-refractivity contribution in [2.75, 3.05) is 32.8 Å². The van der Waals surface area contributed by atoms with Crippen LogP contribution in [0.2, 0.25) is 0 Å². The van der Waals surface area contributed by atoms with Gasteiger partial charge in [-0.05, 0) is 50.3 Å². The fraction of sp³-hybridized carbons (Fsp3) is 0.667. The van der Waals surface area contributed by atoms with E-state index in [2.05, 4.69) is 55.9 Å². The van der Waals surface area contributed by atoms with Crippen LogP contribution in [0.5, 0.6) is 0 Å². The predicted octanol–water partition coefficient (Wildman–Crippen LogP) is 3.75. The van der Waals surface area contributed by atoms with Gasteiger partial charge in [0.1, 0.15) is 0 Å². The number of nitrogens with zero attached hydrogens (tertiary/aromatic N) is 1. The molecule has 1 aliphatic heterocycles. The molecular formula is C15H22Br2N2O2S. The molecule has 1 saturated heterocycles. The third-order valence-corrected chi connectivity index (χ3v) is 6.93. The largest absolute Gasteiger partial charge is 0.379 e. The standard InChI is InChI=1S/C15H22Br2N2O2S/c1-10(2)7-11(19-3-5-21-6-4-19)9-18-15(20)13-8-12(16)14(17)22-13/h8,10-11H,3-7,9H2,1-2H3,(H,18,20). The van der Waals surface area contributed by atoms with E-state index in [1.165, 1.54) is 11.3 Å². The van der Waals surface area contributed by atoms with E-state index in [9.17, 15) is 4.79 Å². The summed E-state index contributed by atoms with van der Waals surface area (Å²) in [5.41, 5.74) is 0. The van der Waals surface area contributed by atoms with Crippen molar-refractivity contribution < 1.29 is 9.53 Å². The summed E-state index contributed by atoms with van der Waals surface area (Å²) < 4.78 is 7.30. The Hall–Kier alpha value is 0.0500. The topological polar surface area (TPSA) is 41.6 Å². The maximum absolute atomic E-state index is 12.3. The summed E-state index contributed by atoms with van der Waals surface area (Å²) in [7, 11) is 0. The predicted molar refractivity (Wildman–Crippen MR) is 97.7 cm³/mol. The van der Waals surface area contributed by atoms with Gasteiger partial charge in [0.05, 0.1) is 21.9 Å². The summed E-state index contributed by atoms with van der Waals surface area (Å²) in [4.78, 5) is 15.5. The highest BCUT2D eigenvalue weighted by molar-refractivity contribution is 9.13. The Morgan fingerprint density at radius 3 is 2.64 bits per heavy atom. The molecule has 124 valence electrons. The molecule has 0 aromatic carbocycles. The molecule has 2 heterocycles. The van der Waals surface area contributed by atoms with Crippen molar-refractivity contribution in [1.29, 1.82) is 0 Å². The molecule has 1 aliphatic rings. The maximum atomic E-state index is 12.3. The molecule has 22 heavy (non-hydrogen) atoms. The number of hydrogen-bond acceptors (Lipinski definition) is 4. The number of thiophene rings is 1. The van der Waals surface area contributed by atoms with Crippen LogP contribution in [0.4, 0.5) is 0 Å². The molecule has 1 fully saturated rings. The summed E-state index contributed by atoms with van der Waals surface area (Å²) >= 11 is 8.30. The Morgan fingerprint density at radius 2 is 2.09 bits per heavy atom. The summed E-state index contributed by atoms with van der Waals surface area (Å²) in [5.74, 6) is 0.605. The molecule has 1 aromatic rings. The van der Waals surface area contributed by atoms with E-state index in [0.717, 1.165) is 45.9 Å². The second-order valence-corrected chi connectivity index (χ2v) is 9.10. The van der Waals surface area contributed by atoms with Gasteiger partial charge in [-0.2, -0.15) is 0 Å². The summed E-state index contributed by atoms with van der Waals surface area (Å²) in [6, 6.07) is 2.23. The zero-order valence-electron chi connectivity index (χ0n) is 12.9. The average Bonchev–Trinajstić information content (AvgIpc) is 2.83. The molecule has 1 aromatic heterocycles. The van der Waals surface area contributed by atoms with Crippen LogP contribution in [-0.4, -0.2) is 49.7 Å². The number of ether oxygens (including phenoxy) is 1. The third kappa shape index (κ3) is 5.30. The minimum atomic E-state index is -0.00147. The quantitative estimate of drug-likeness (QED) is 0.713. The highest BCUT2D eigenvalue weighted by atomic mass is 79.9. The lowest BCUT2D eigenvalue weighted by molar-refractivity contribution is 0.0125. The van der Waals surface area contributed by atoms with Crippen LogP contribution in [0.1, 0.15) is 29.9 Å². The van der Waals surface area contributed by atoms with E-state index in [0.29, 0.717) is 18.5 Å². The lowest BCUT2D eigenvalue weighted by Crippen LogP contribution is -2.49. The van der Waals surface area contributed by atoms with Gasteiger partial charge in [-0.3, -0.25) is 9.69 Å². The van der Waals surface area contributed by atoms with Gasteiger partial charge in [0, 0.05) is 30.1 Å². The molecule has 0 bridgehead atoms. The molecule has 7 heteroatoms. The highest BCUT2D eigenvalue weighted by Gasteiger charge is 2.23. The van der Waals surface area contributed by atoms with Crippen molar-refractivity contribution in [1.82, 2.24) is 10.2 Å². The van der Waals surface area contributed by atoms with Crippen LogP contribution < -0.4 is 5.32 Å². The minimum absolute atomic E-state index is 0.00147. The maximum Gasteiger partial charge on any atom is 0.261 e. The normalized spacial score (nSPS) is 17.7. The summed E-state index contributed by atoms with van der Waals surface area (Å²) in [6.07, 6.45) is 1.08. The van der Waals surface area contributed by atoms with E-state index < -0.39 is 0 Å². The number of morpholine rings is 1. The van der Waals surface area contributed by atoms with Crippen LogP contribution in [0, 0.1) is 5.92 Å². The molecule has 0 radical (unpaired) electrons. The molecule has 1 N–H and O–H groups in total. The molecule has 2 rings (SSSR count). The molecule has 1 amide bonds. The van der Waals surface area contributed by atoms with Crippen LogP contribution >= 0.6 is 43.2 Å². The number of hydrogen-bond donors (Lipinski definition) is 1. The molecule has 1 unspecified atom stereocenters. The molecule has 0 saturated carbocycles. The van der Waals surface area contributed by atoms with Gasteiger partial charge in [0.15, 0.2) is 0 Å². The fourth-order valence-corrected chi connectivity index (χ4v) is 4.56. The van der Waals surface area contributed by atoms with Crippen LogP contribution in [0.15, 0.2) is 14.3 Å². The van der Waals surface area contributed by atoms with Crippen molar-refractivity contribution in [3.8, 4) is 0 Å². The van der Waals surface area contributed by atoms with Gasteiger partial charge < -0.3 is 10.1 Å². The van der Waals surface area contributed by atoms with E-state index in [-0.39, 0.29) is 5.91 Å². The Kier molecular flexibility index (Phi) is 7.34. The number of carbonyl (C=O) groups excluding carboxylic acids is 1. The first-order chi connectivity index (χ1) is 10.5. The first kappa shape index (κ1) is 18.4. The minimum Gasteiger partial charge on any atom is -0.379 e. The molecule has 1 atom stereocenters. The van der Waals surface area contributed by atoms with Crippen LogP contribution in [0.3, 0.4) is 0 Å². The zero-order chi connectivity index (χ0) is 16.1. The van der Waals surface area contributed by atoms with Gasteiger partial charge in [0.2, 0.25) is 0 Å². The van der Waals surface area contributed by atoms with Crippen molar-refractivity contribution in [2.45, 2.75) is 26.3 Å². The Balaban J connectivity index is 1.93. The summed E-state index contributed by atoms with van der Waals surface area (Å²) in [5, 5.41) is 3.09. The van der Waals surface area contributed by atoms with Crippen molar-refractivity contribution in [3.05, 3.63) is 19.2 Å². The number of nitrogens with one attached hydrogen (secondary N) is 1. The molecular weight excluding hydrogens is 432 g/mol. The average molecular weight is 454 g/mol. The second kappa shape index (κ2) is 8.78. The third-order valence-electron chi connectivity index (χ3n) is 3.67. The Morgan fingerprint density at radius 1 is 1.41 bits per heavy atom. The first-order valence-corrected chi connectivity index (χ1v) is 9.92. The number of rotatable bonds is 6. The SMILES string of the molecule is CC(C)CC(CNC(=O)c1cc(Br)c(Br)s1)N1CCOCC1. The monoisotopic (exact) mass is 452 g/mol. The van der Waals surface area contributed by atoms with E-state index in [4.69, 9.17) is 4.74 Å². The Labute approximate surface area is 152 Å². The van der Waals surface area contributed by atoms with Gasteiger partial charge in [0.25, 0.3) is 5.91 Å². The number of halogens is 2. The lowest BCUT2D eigenvalue weighted by Gasteiger charge is -2.35. The van der Waals surface area contributed by atoms with E-state index >= 15 is 0 Å². The molecule has 0 aliphatic carbocycles. The van der Waals surface area contributed by atoms with E-state index in [1.54, 1.807) is 0 Å². The van der Waals surface area contributed by atoms with Crippen molar-refractivity contribution in [2.24, 2.45) is 5.92 Å². The zero-order valence-corrected chi connectivity index (χ0v) is 16.9. The van der Waals surface area contributed by atoms with Gasteiger partial charge in [-0.1, -0.05) is 13.8 Å². The molecule has 4 nitrogen and oxygen atoms in total. The number of carbonyl (C=O) groups is 1. The lowest BCUT2D eigenvalue weighted by atomic mass is 10.0. The first-order valence-electron chi connectivity index (χ1n) is 7.52. The van der Waals surface area contributed by atoms with Gasteiger partial charge in [-0.15, -0.1) is 11.3 Å².